The molecule has 3 heterocycles. The van der Waals surface area contributed by atoms with Crippen LogP contribution in [0.5, 0.6) is 5.75 Å². The smallest absolute Gasteiger partial charge is 0.190 e. The van der Waals surface area contributed by atoms with Crippen molar-refractivity contribution in [2.24, 2.45) is 0 Å². The molecule has 7 nitrogen and oxygen atoms in total. The molecule has 3 aliphatic heterocycles. The Bertz CT molecular complexity index is 712. The molecular weight excluding hydrogens is 364 g/mol. The molecule has 3 aliphatic rings. The number of ether oxygens (including phenoxy) is 7. The standard InChI is InChI=1S/C21H28O7/c1-20(2)25-16-15(12-23-11-10-13-6-8-14(22-5)9-7-13)24-19-18(17(16)26-20)27-21(3,4)28-19/h6-11,15-19H,12H2,1-5H3/b11-10+/t15-,16+,17+,18-,19-/m1/s1. The first-order valence-corrected chi connectivity index (χ1v) is 9.55. The molecule has 3 saturated heterocycles. The fraction of sp³-hybridized carbons (Fsp3) is 0.619. The van der Waals surface area contributed by atoms with Crippen LogP contribution in [0.3, 0.4) is 0 Å². The van der Waals surface area contributed by atoms with Gasteiger partial charge in [0, 0.05) is 0 Å². The minimum absolute atomic E-state index is 0.269. The van der Waals surface area contributed by atoms with Crippen molar-refractivity contribution in [1.29, 1.82) is 0 Å². The maximum absolute atomic E-state index is 6.11. The lowest BCUT2D eigenvalue weighted by Gasteiger charge is -2.36. The summed E-state index contributed by atoms with van der Waals surface area (Å²) in [6.45, 7) is 7.84. The van der Waals surface area contributed by atoms with Gasteiger partial charge in [-0.1, -0.05) is 12.1 Å². The summed E-state index contributed by atoms with van der Waals surface area (Å²) in [5.74, 6) is -0.613. The zero-order valence-electron chi connectivity index (χ0n) is 16.9. The molecular formula is C21H28O7. The van der Waals surface area contributed by atoms with Gasteiger partial charge in [0.05, 0.1) is 13.4 Å². The van der Waals surface area contributed by atoms with Crippen LogP contribution in [0.2, 0.25) is 0 Å². The summed E-state index contributed by atoms with van der Waals surface area (Å²) in [4.78, 5) is 0. The van der Waals surface area contributed by atoms with E-state index >= 15 is 0 Å². The monoisotopic (exact) mass is 392 g/mol. The number of fused-ring (bicyclic) bond motifs is 3. The third kappa shape index (κ3) is 4.04. The Labute approximate surface area is 165 Å². The van der Waals surface area contributed by atoms with Crippen molar-refractivity contribution in [3.05, 3.63) is 36.1 Å². The van der Waals surface area contributed by atoms with Crippen molar-refractivity contribution in [3.8, 4) is 5.75 Å². The van der Waals surface area contributed by atoms with Gasteiger partial charge in [-0.3, -0.25) is 0 Å². The van der Waals surface area contributed by atoms with Crippen molar-refractivity contribution in [2.45, 2.75) is 70.0 Å². The van der Waals surface area contributed by atoms with E-state index in [1.807, 2.05) is 58.0 Å². The van der Waals surface area contributed by atoms with Gasteiger partial charge in [-0.2, -0.15) is 0 Å². The first kappa shape index (κ1) is 19.7. The second-order valence-corrected chi connectivity index (χ2v) is 8.12. The zero-order valence-corrected chi connectivity index (χ0v) is 16.9. The van der Waals surface area contributed by atoms with Crippen molar-refractivity contribution in [3.63, 3.8) is 0 Å². The number of hydrogen-bond acceptors (Lipinski definition) is 7. The van der Waals surface area contributed by atoms with E-state index in [4.69, 9.17) is 33.2 Å². The quantitative estimate of drug-likeness (QED) is 0.714. The lowest BCUT2D eigenvalue weighted by molar-refractivity contribution is -0.240. The average molecular weight is 392 g/mol. The number of rotatable bonds is 5. The molecule has 0 bridgehead atoms. The highest BCUT2D eigenvalue weighted by Gasteiger charge is 2.60. The van der Waals surface area contributed by atoms with Gasteiger partial charge in [0.15, 0.2) is 17.9 Å². The van der Waals surface area contributed by atoms with Gasteiger partial charge in [-0.15, -0.1) is 0 Å². The highest BCUT2D eigenvalue weighted by atomic mass is 16.9. The number of benzene rings is 1. The van der Waals surface area contributed by atoms with E-state index in [0.29, 0.717) is 6.61 Å². The van der Waals surface area contributed by atoms with Crippen LogP contribution >= 0.6 is 0 Å². The molecule has 0 radical (unpaired) electrons. The molecule has 7 heteroatoms. The van der Waals surface area contributed by atoms with Crippen LogP contribution in [-0.4, -0.2) is 56.0 Å². The number of methoxy groups -OCH3 is 1. The largest absolute Gasteiger partial charge is 0.498 e. The molecule has 5 atom stereocenters. The van der Waals surface area contributed by atoms with E-state index in [2.05, 4.69) is 0 Å². The fourth-order valence-corrected chi connectivity index (χ4v) is 3.82. The molecule has 154 valence electrons. The first-order valence-electron chi connectivity index (χ1n) is 9.55. The van der Waals surface area contributed by atoms with E-state index in [1.54, 1.807) is 13.4 Å². The highest BCUT2D eigenvalue weighted by Crippen LogP contribution is 2.44. The summed E-state index contributed by atoms with van der Waals surface area (Å²) in [6.07, 6.45) is 1.82. The predicted octanol–water partition coefficient (Wildman–Crippen LogP) is 3.08. The second kappa shape index (κ2) is 7.31. The Morgan fingerprint density at radius 1 is 0.893 bits per heavy atom. The Hall–Kier alpha value is -1.64. The molecule has 1 aromatic carbocycles. The molecule has 0 aromatic heterocycles. The topological polar surface area (TPSA) is 64.6 Å². The van der Waals surface area contributed by atoms with Gasteiger partial charge in [0.1, 0.15) is 36.8 Å². The molecule has 0 saturated carbocycles. The first-order chi connectivity index (χ1) is 13.3. The minimum Gasteiger partial charge on any atom is -0.498 e. The summed E-state index contributed by atoms with van der Waals surface area (Å²) in [6, 6.07) is 7.72. The van der Waals surface area contributed by atoms with Crippen LogP contribution in [0.4, 0.5) is 0 Å². The minimum atomic E-state index is -0.722. The summed E-state index contributed by atoms with van der Waals surface area (Å²) in [5.41, 5.74) is 1.01. The van der Waals surface area contributed by atoms with Crippen molar-refractivity contribution in [2.75, 3.05) is 13.7 Å². The molecule has 1 aromatic rings. The Kier molecular flexibility index (Phi) is 5.14. The average Bonchev–Trinajstić information content (AvgIpc) is 3.13. The van der Waals surface area contributed by atoms with E-state index in [-0.39, 0.29) is 24.4 Å². The van der Waals surface area contributed by atoms with Gasteiger partial charge in [-0.05, 0) is 51.5 Å². The van der Waals surface area contributed by atoms with E-state index < -0.39 is 17.9 Å². The Morgan fingerprint density at radius 2 is 1.54 bits per heavy atom. The van der Waals surface area contributed by atoms with E-state index in [0.717, 1.165) is 11.3 Å². The van der Waals surface area contributed by atoms with E-state index in [1.165, 1.54) is 0 Å². The van der Waals surface area contributed by atoms with Crippen LogP contribution in [0.25, 0.3) is 6.08 Å². The van der Waals surface area contributed by atoms with E-state index in [9.17, 15) is 0 Å². The third-order valence-corrected chi connectivity index (χ3v) is 4.98. The molecule has 0 aliphatic carbocycles. The molecule has 3 fully saturated rings. The lowest BCUT2D eigenvalue weighted by Crippen LogP contribution is -2.56. The normalized spacial score (nSPS) is 35.5. The molecule has 4 rings (SSSR count). The van der Waals surface area contributed by atoms with Gasteiger partial charge < -0.3 is 33.2 Å². The maximum atomic E-state index is 6.11. The summed E-state index contributed by atoms with van der Waals surface area (Å²) in [5, 5.41) is 0. The maximum Gasteiger partial charge on any atom is 0.190 e. The van der Waals surface area contributed by atoms with Gasteiger partial charge >= 0.3 is 0 Å². The molecule has 0 N–H and O–H groups in total. The molecule has 0 spiro atoms. The van der Waals surface area contributed by atoms with Crippen molar-refractivity contribution >= 4 is 6.08 Å². The van der Waals surface area contributed by atoms with Crippen LogP contribution < -0.4 is 4.74 Å². The summed E-state index contributed by atoms with van der Waals surface area (Å²) < 4.78 is 41.1. The van der Waals surface area contributed by atoms with Crippen LogP contribution in [0.15, 0.2) is 30.5 Å². The van der Waals surface area contributed by atoms with Crippen LogP contribution in [0, 0.1) is 0 Å². The second-order valence-electron chi connectivity index (χ2n) is 8.12. The lowest BCUT2D eigenvalue weighted by atomic mass is 9.99. The molecule has 0 amide bonds. The summed E-state index contributed by atoms with van der Waals surface area (Å²) in [7, 11) is 1.65. The predicted molar refractivity (Wildman–Crippen MR) is 101 cm³/mol. The summed E-state index contributed by atoms with van der Waals surface area (Å²) >= 11 is 0. The van der Waals surface area contributed by atoms with Crippen molar-refractivity contribution < 1.29 is 33.2 Å². The zero-order chi connectivity index (χ0) is 19.9. The molecule has 28 heavy (non-hydrogen) atoms. The Balaban J connectivity index is 1.40. The van der Waals surface area contributed by atoms with Crippen molar-refractivity contribution in [1.82, 2.24) is 0 Å². The molecule has 0 unspecified atom stereocenters. The van der Waals surface area contributed by atoms with Gasteiger partial charge in [-0.25, -0.2) is 0 Å². The third-order valence-electron chi connectivity index (χ3n) is 4.98. The van der Waals surface area contributed by atoms with Crippen LogP contribution in [0.1, 0.15) is 33.3 Å². The Morgan fingerprint density at radius 3 is 2.25 bits per heavy atom. The van der Waals surface area contributed by atoms with Gasteiger partial charge in [0.25, 0.3) is 0 Å². The van der Waals surface area contributed by atoms with Gasteiger partial charge in [0.2, 0.25) is 0 Å². The van der Waals surface area contributed by atoms with Crippen LogP contribution in [-0.2, 0) is 28.4 Å². The SMILES string of the molecule is COc1ccc(/C=C/OC[C@H]2O[C@@H]3OC(C)(C)O[C@@H]3[C@H]3OC(C)(C)O[C@H]32)cc1. The highest BCUT2D eigenvalue weighted by molar-refractivity contribution is 5.49. The fourth-order valence-electron chi connectivity index (χ4n) is 3.82. The number of hydrogen-bond donors (Lipinski definition) is 0.